The molecule has 0 saturated heterocycles. The summed E-state index contributed by atoms with van der Waals surface area (Å²) in [4.78, 5) is -3.02. The van der Waals surface area contributed by atoms with Gasteiger partial charge in [0.15, 0.2) is 0 Å². The lowest BCUT2D eigenvalue weighted by molar-refractivity contribution is 0.475. The fraction of sp³-hybridized carbons (Fsp3) is 0.143. The van der Waals surface area contributed by atoms with Crippen molar-refractivity contribution in [1.82, 2.24) is 0 Å². The van der Waals surface area contributed by atoms with Gasteiger partial charge in [-0.3, -0.25) is 18.2 Å². The number of anilines is 2. The number of benzene rings is 4. The fourth-order valence-corrected chi connectivity index (χ4v) is 7.49. The summed E-state index contributed by atoms with van der Waals surface area (Å²) in [7, 11) is -19.5. The monoisotopic (exact) mass is 712 g/mol. The van der Waals surface area contributed by atoms with Crippen LogP contribution < -0.4 is 11.1 Å². The van der Waals surface area contributed by atoms with Crippen molar-refractivity contribution in [1.29, 1.82) is 0 Å². The number of nitrogen functional groups attached to an aromatic ring is 1. The highest BCUT2D eigenvalue weighted by atomic mass is 32.2. The lowest BCUT2D eigenvalue weighted by Gasteiger charge is -2.20. The molecule has 18 heteroatoms. The van der Waals surface area contributed by atoms with Gasteiger partial charge < -0.3 is 11.1 Å². The largest absolute Gasteiger partial charge is 0.399 e. The maximum absolute atomic E-state index is 12.3. The Morgan fingerprint density at radius 3 is 1.65 bits per heavy atom. The molecule has 0 unspecified atom stereocenters. The van der Waals surface area contributed by atoms with E-state index in [4.69, 9.17) is 5.73 Å². The molecular weight excluding hydrogens is 685 g/mol. The van der Waals surface area contributed by atoms with Crippen LogP contribution in [0.25, 0.3) is 11.1 Å². The molecule has 0 aliphatic carbocycles. The highest BCUT2D eigenvalue weighted by Crippen LogP contribution is 2.36. The van der Waals surface area contributed by atoms with Crippen LogP contribution in [0.2, 0.25) is 0 Å². The third-order valence-corrected chi connectivity index (χ3v) is 10.8. The van der Waals surface area contributed by atoms with Crippen LogP contribution in [0.3, 0.4) is 0 Å². The third kappa shape index (κ3) is 7.73. The van der Waals surface area contributed by atoms with E-state index in [-0.39, 0.29) is 24.1 Å². The second-order valence-electron chi connectivity index (χ2n) is 10.3. The summed E-state index contributed by atoms with van der Waals surface area (Å²) in [5, 5.41) is 3.01. The molecule has 0 atom stereocenters. The highest BCUT2D eigenvalue weighted by molar-refractivity contribution is 7.87. The minimum Gasteiger partial charge on any atom is -0.399 e. The van der Waals surface area contributed by atoms with Crippen LogP contribution in [0.1, 0.15) is 27.8 Å². The Balaban J connectivity index is 1.87. The number of aryl methyl sites for hydroxylation is 1. The van der Waals surface area contributed by atoms with Gasteiger partial charge in [0, 0.05) is 17.9 Å². The van der Waals surface area contributed by atoms with E-state index in [9.17, 15) is 51.9 Å². The number of rotatable bonds is 10. The number of nitrogens with one attached hydrogen (secondary N) is 1. The predicted octanol–water partition coefficient (Wildman–Crippen LogP) is 3.74. The van der Waals surface area contributed by atoms with Crippen molar-refractivity contribution in [3.63, 3.8) is 0 Å². The molecule has 0 fully saturated rings. The first-order chi connectivity index (χ1) is 21.1. The molecular formula is C28H28N2O12S4. The van der Waals surface area contributed by atoms with Gasteiger partial charge in [-0.2, -0.15) is 33.7 Å². The SMILES string of the molecule is Cc1cc(-c2ccc(NCc3ccc(S(=O)(=O)O)cc3S(=O)(=O)O)c(C)c2Cc2ccc(S(=O)(=O)O)cc2S(=O)(=O)O)ccc1N. The molecule has 0 spiro atoms. The van der Waals surface area contributed by atoms with Crippen LogP contribution in [-0.2, 0) is 53.4 Å². The van der Waals surface area contributed by atoms with Crippen molar-refractivity contribution >= 4 is 51.8 Å². The molecule has 46 heavy (non-hydrogen) atoms. The molecule has 7 N–H and O–H groups in total. The Labute approximate surface area is 265 Å². The minimum atomic E-state index is -4.98. The van der Waals surface area contributed by atoms with E-state index in [1.165, 1.54) is 0 Å². The molecule has 0 saturated carbocycles. The van der Waals surface area contributed by atoms with Crippen LogP contribution in [0.15, 0.2) is 86.3 Å². The van der Waals surface area contributed by atoms with E-state index < -0.39 is 60.1 Å². The van der Waals surface area contributed by atoms with E-state index in [0.29, 0.717) is 45.8 Å². The summed E-state index contributed by atoms with van der Waals surface area (Å²) in [6, 6.07) is 13.9. The van der Waals surface area contributed by atoms with E-state index in [2.05, 4.69) is 5.32 Å². The zero-order chi connectivity index (χ0) is 34.4. The fourth-order valence-electron chi connectivity index (χ4n) is 4.83. The molecule has 0 aliphatic rings. The Bertz CT molecular complexity index is 2320. The van der Waals surface area contributed by atoms with Crippen molar-refractivity contribution in [2.45, 2.75) is 46.4 Å². The predicted molar refractivity (Wildman–Crippen MR) is 168 cm³/mol. The maximum atomic E-state index is 12.3. The van der Waals surface area contributed by atoms with Gasteiger partial charge in [-0.15, -0.1) is 0 Å². The molecule has 0 amide bonds. The van der Waals surface area contributed by atoms with E-state index in [0.717, 1.165) is 29.8 Å². The van der Waals surface area contributed by atoms with Crippen LogP contribution in [-0.4, -0.2) is 51.9 Å². The molecule has 246 valence electrons. The van der Waals surface area contributed by atoms with Gasteiger partial charge >= 0.3 is 0 Å². The Morgan fingerprint density at radius 1 is 0.630 bits per heavy atom. The number of hydrogen-bond donors (Lipinski definition) is 6. The number of hydrogen-bond acceptors (Lipinski definition) is 10. The van der Waals surface area contributed by atoms with Crippen molar-refractivity contribution in [2.75, 3.05) is 11.1 Å². The second kappa shape index (κ2) is 12.4. The van der Waals surface area contributed by atoms with E-state index in [1.807, 2.05) is 0 Å². The standard InChI is InChI=1S/C28H28N2O12S4/c1-16-11-18(5-9-25(16)29)23-8-10-26(30-15-20-4-7-22(44(34,35)36)14-28(20)46(40,41)42)17(2)24(23)12-19-3-6-21(43(31,32)33)13-27(19)45(37,38)39/h3-11,13-14,30H,12,15,29H2,1-2H3,(H,31,32,33)(H,34,35,36)(H,37,38,39)(H,40,41,42). The number of nitrogens with two attached hydrogens (primary N) is 1. The normalized spacial score (nSPS) is 12.7. The Kier molecular flexibility index (Phi) is 9.41. The van der Waals surface area contributed by atoms with Gasteiger partial charge in [-0.25, -0.2) is 0 Å². The van der Waals surface area contributed by atoms with Crippen LogP contribution in [0, 0.1) is 13.8 Å². The van der Waals surface area contributed by atoms with Crippen molar-refractivity contribution in [2.24, 2.45) is 0 Å². The summed E-state index contributed by atoms with van der Waals surface area (Å²) in [6.07, 6.45) is -0.180. The maximum Gasteiger partial charge on any atom is 0.294 e. The molecule has 0 radical (unpaired) electrons. The average molecular weight is 713 g/mol. The molecule has 4 aromatic carbocycles. The first-order valence-electron chi connectivity index (χ1n) is 13.0. The molecule has 0 aliphatic heterocycles. The van der Waals surface area contributed by atoms with Crippen LogP contribution >= 0.6 is 0 Å². The Hall–Kier alpha value is -3.88. The summed E-state index contributed by atoms with van der Waals surface area (Å²) >= 11 is 0. The van der Waals surface area contributed by atoms with Crippen LogP contribution in [0.5, 0.6) is 0 Å². The molecule has 0 bridgehead atoms. The van der Waals surface area contributed by atoms with Crippen LogP contribution in [0.4, 0.5) is 11.4 Å². The lowest BCUT2D eigenvalue weighted by atomic mass is 9.89. The van der Waals surface area contributed by atoms with Crippen molar-refractivity contribution < 1.29 is 51.9 Å². The van der Waals surface area contributed by atoms with Gasteiger partial charge in [0.2, 0.25) is 0 Å². The third-order valence-electron chi connectivity index (χ3n) is 7.24. The Morgan fingerprint density at radius 2 is 1.15 bits per heavy atom. The topological polar surface area (TPSA) is 256 Å². The first-order valence-corrected chi connectivity index (χ1v) is 18.7. The van der Waals surface area contributed by atoms with Crippen molar-refractivity contribution in [3.05, 3.63) is 94.5 Å². The van der Waals surface area contributed by atoms with E-state index in [1.54, 1.807) is 44.2 Å². The quantitative estimate of drug-likeness (QED) is 0.101. The van der Waals surface area contributed by atoms with Gasteiger partial charge in [-0.1, -0.05) is 24.3 Å². The second-order valence-corrected chi connectivity index (χ2v) is 15.9. The summed E-state index contributed by atoms with van der Waals surface area (Å²) in [6.45, 7) is 3.18. The van der Waals surface area contributed by atoms with E-state index >= 15 is 0 Å². The van der Waals surface area contributed by atoms with Gasteiger partial charge in [0.1, 0.15) is 4.90 Å². The average Bonchev–Trinajstić information content (AvgIpc) is 2.93. The van der Waals surface area contributed by atoms with Crippen molar-refractivity contribution in [3.8, 4) is 11.1 Å². The minimum absolute atomic E-state index is 0.0157. The highest BCUT2D eigenvalue weighted by Gasteiger charge is 2.24. The molecule has 0 aromatic heterocycles. The smallest absolute Gasteiger partial charge is 0.294 e. The van der Waals surface area contributed by atoms with Gasteiger partial charge in [0.05, 0.1) is 14.7 Å². The molecule has 4 rings (SSSR count). The zero-order valence-corrected chi connectivity index (χ0v) is 27.3. The summed E-state index contributed by atoms with van der Waals surface area (Å²) < 4.78 is 134. The van der Waals surface area contributed by atoms with Gasteiger partial charge in [-0.05, 0) is 102 Å². The molecule has 14 nitrogen and oxygen atoms in total. The first kappa shape index (κ1) is 35.0. The lowest BCUT2D eigenvalue weighted by Crippen LogP contribution is -2.11. The molecule has 4 aromatic rings. The molecule has 0 heterocycles. The summed E-state index contributed by atoms with van der Waals surface area (Å²) in [5.74, 6) is 0. The summed E-state index contributed by atoms with van der Waals surface area (Å²) in [5.41, 5.74) is 9.86. The zero-order valence-electron chi connectivity index (χ0n) is 24.0. The van der Waals surface area contributed by atoms with Gasteiger partial charge in [0.25, 0.3) is 40.5 Å².